The Bertz CT molecular complexity index is 450. The summed E-state index contributed by atoms with van der Waals surface area (Å²) in [6.45, 7) is 9.37. The van der Waals surface area contributed by atoms with Gasteiger partial charge in [0.05, 0.1) is 5.41 Å². The van der Waals surface area contributed by atoms with E-state index < -0.39 is 5.41 Å². The Morgan fingerprint density at radius 3 is 2.33 bits per heavy atom. The number of rotatable bonds is 5. The van der Waals surface area contributed by atoms with Gasteiger partial charge in [-0.2, -0.15) is 0 Å². The van der Waals surface area contributed by atoms with Crippen LogP contribution in [0.15, 0.2) is 30.3 Å². The van der Waals surface area contributed by atoms with Crippen LogP contribution in [0.1, 0.15) is 25.8 Å². The van der Waals surface area contributed by atoms with E-state index in [9.17, 15) is 4.79 Å². The number of benzene rings is 1. The molecule has 1 heterocycles. The zero-order valence-corrected chi connectivity index (χ0v) is 13.2. The second-order valence-corrected chi connectivity index (χ2v) is 6.27. The van der Waals surface area contributed by atoms with Gasteiger partial charge in [0.2, 0.25) is 5.91 Å². The van der Waals surface area contributed by atoms with Gasteiger partial charge in [-0.3, -0.25) is 9.69 Å². The summed E-state index contributed by atoms with van der Waals surface area (Å²) in [7, 11) is 0. The average Bonchev–Trinajstić information content (AvgIpc) is 2.53. The highest BCUT2D eigenvalue weighted by molar-refractivity contribution is 5.87. The molecule has 1 aromatic rings. The molecular formula is C17H27N3O. The third kappa shape index (κ3) is 3.83. The third-order valence-electron chi connectivity index (χ3n) is 4.37. The molecule has 0 aromatic heterocycles. The van der Waals surface area contributed by atoms with E-state index in [0.29, 0.717) is 0 Å². The van der Waals surface area contributed by atoms with Gasteiger partial charge in [-0.25, -0.2) is 0 Å². The van der Waals surface area contributed by atoms with Crippen molar-refractivity contribution in [3.63, 3.8) is 0 Å². The SMILES string of the molecule is CC(C)(C(=O)N1CCN(CCCN)CC1)c1ccccc1. The Morgan fingerprint density at radius 2 is 1.76 bits per heavy atom. The van der Waals surface area contributed by atoms with Crippen molar-refractivity contribution < 1.29 is 4.79 Å². The van der Waals surface area contributed by atoms with Crippen molar-refractivity contribution in [2.75, 3.05) is 39.3 Å². The summed E-state index contributed by atoms with van der Waals surface area (Å²) < 4.78 is 0. The number of hydrogen-bond acceptors (Lipinski definition) is 3. The van der Waals surface area contributed by atoms with Crippen molar-refractivity contribution in [3.8, 4) is 0 Å². The Morgan fingerprint density at radius 1 is 1.14 bits per heavy atom. The number of hydrogen-bond donors (Lipinski definition) is 1. The van der Waals surface area contributed by atoms with E-state index >= 15 is 0 Å². The highest BCUT2D eigenvalue weighted by Gasteiger charge is 2.34. The lowest BCUT2D eigenvalue weighted by molar-refractivity contribution is -0.138. The van der Waals surface area contributed by atoms with E-state index in [1.54, 1.807) is 0 Å². The lowest BCUT2D eigenvalue weighted by atomic mass is 9.83. The number of nitrogens with zero attached hydrogens (tertiary/aromatic N) is 2. The minimum atomic E-state index is -0.458. The van der Waals surface area contributed by atoms with Gasteiger partial charge in [0, 0.05) is 26.2 Å². The molecule has 0 spiro atoms. The van der Waals surface area contributed by atoms with Crippen molar-refractivity contribution in [3.05, 3.63) is 35.9 Å². The largest absolute Gasteiger partial charge is 0.339 e. The number of carbonyl (C=O) groups excluding carboxylic acids is 1. The first-order chi connectivity index (χ1) is 10.1. The zero-order chi connectivity index (χ0) is 15.3. The van der Waals surface area contributed by atoms with E-state index in [0.717, 1.165) is 51.3 Å². The molecule has 1 aliphatic rings. The van der Waals surface area contributed by atoms with E-state index in [-0.39, 0.29) is 5.91 Å². The molecule has 0 aliphatic carbocycles. The van der Waals surface area contributed by atoms with Crippen molar-refractivity contribution >= 4 is 5.91 Å². The van der Waals surface area contributed by atoms with Crippen LogP contribution in [0.4, 0.5) is 0 Å². The Kier molecular flexibility index (Phi) is 5.37. The Labute approximate surface area is 127 Å². The summed E-state index contributed by atoms with van der Waals surface area (Å²) in [6, 6.07) is 10.1. The number of amides is 1. The van der Waals surface area contributed by atoms with Gasteiger partial charge in [-0.1, -0.05) is 30.3 Å². The maximum atomic E-state index is 12.8. The predicted molar refractivity (Wildman–Crippen MR) is 86.2 cm³/mol. The molecule has 1 aliphatic heterocycles. The first-order valence-corrected chi connectivity index (χ1v) is 7.83. The molecule has 0 unspecified atom stereocenters. The molecule has 4 nitrogen and oxygen atoms in total. The van der Waals surface area contributed by atoms with Crippen LogP contribution in [-0.2, 0) is 10.2 Å². The third-order valence-corrected chi connectivity index (χ3v) is 4.37. The fourth-order valence-electron chi connectivity index (χ4n) is 2.86. The summed E-state index contributed by atoms with van der Waals surface area (Å²) >= 11 is 0. The molecule has 0 saturated carbocycles. The monoisotopic (exact) mass is 289 g/mol. The molecule has 21 heavy (non-hydrogen) atoms. The lowest BCUT2D eigenvalue weighted by Crippen LogP contribution is -2.53. The van der Waals surface area contributed by atoms with Crippen LogP contribution in [0.25, 0.3) is 0 Å². The van der Waals surface area contributed by atoms with Crippen LogP contribution < -0.4 is 5.73 Å². The Balaban J connectivity index is 1.95. The van der Waals surface area contributed by atoms with Gasteiger partial charge in [-0.05, 0) is 38.9 Å². The summed E-state index contributed by atoms with van der Waals surface area (Å²) in [5.74, 6) is 0.229. The topological polar surface area (TPSA) is 49.6 Å². The Hall–Kier alpha value is -1.39. The van der Waals surface area contributed by atoms with Gasteiger partial charge in [0.15, 0.2) is 0 Å². The van der Waals surface area contributed by atoms with Crippen LogP contribution in [0, 0.1) is 0 Å². The number of nitrogens with two attached hydrogens (primary N) is 1. The predicted octanol–water partition coefficient (Wildman–Crippen LogP) is 1.46. The highest BCUT2D eigenvalue weighted by Crippen LogP contribution is 2.26. The van der Waals surface area contributed by atoms with Crippen molar-refractivity contribution in [1.29, 1.82) is 0 Å². The van der Waals surface area contributed by atoms with Crippen LogP contribution in [-0.4, -0.2) is 55.0 Å². The highest BCUT2D eigenvalue weighted by atomic mass is 16.2. The van der Waals surface area contributed by atoms with E-state index in [4.69, 9.17) is 5.73 Å². The lowest BCUT2D eigenvalue weighted by Gasteiger charge is -2.38. The van der Waals surface area contributed by atoms with Crippen LogP contribution in [0.5, 0.6) is 0 Å². The molecule has 0 bridgehead atoms. The smallest absolute Gasteiger partial charge is 0.232 e. The molecule has 2 rings (SSSR count). The summed E-state index contributed by atoms with van der Waals surface area (Å²) in [5.41, 5.74) is 6.18. The molecule has 2 N–H and O–H groups in total. The maximum absolute atomic E-state index is 12.8. The first-order valence-electron chi connectivity index (χ1n) is 7.83. The standard InChI is InChI=1S/C17H27N3O/c1-17(2,15-7-4-3-5-8-15)16(21)20-13-11-19(12-14-20)10-6-9-18/h3-5,7-8H,6,9-14,18H2,1-2H3. The van der Waals surface area contributed by atoms with E-state index in [1.165, 1.54) is 0 Å². The quantitative estimate of drug-likeness (QED) is 0.893. The minimum Gasteiger partial charge on any atom is -0.339 e. The summed E-state index contributed by atoms with van der Waals surface area (Å²) in [4.78, 5) is 17.2. The molecule has 0 radical (unpaired) electrons. The normalized spacial score (nSPS) is 17.0. The van der Waals surface area contributed by atoms with Crippen molar-refractivity contribution in [2.45, 2.75) is 25.7 Å². The van der Waals surface area contributed by atoms with Gasteiger partial charge in [0.25, 0.3) is 0 Å². The molecule has 1 amide bonds. The molecule has 1 fully saturated rings. The average molecular weight is 289 g/mol. The molecular weight excluding hydrogens is 262 g/mol. The van der Waals surface area contributed by atoms with Crippen molar-refractivity contribution in [1.82, 2.24) is 9.80 Å². The fraction of sp³-hybridized carbons (Fsp3) is 0.588. The van der Waals surface area contributed by atoms with Gasteiger partial charge >= 0.3 is 0 Å². The van der Waals surface area contributed by atoms with Crippen LogP contribution in [0.2, 0.25) is 0 Å². The van der Waals surface area contributed by atoms with Gasteiger partial charge < -0.3 is 10.6 Å². The summed E-state index contributed by atoms with van der Waals surface area (Å²) in [6.07, 6.45) is 1.03. The van der Waals surface area contributed by atoms with Crippen molar-refractivity contribution in [2.24, 2.45) is 5.73 Å². The minimum absolute atomic E-state index is 0.229. The van der Waals surface area contributed by atoms with Gasteiger partial charge in [0.1, 0.15) is 0 Å². The zero-order valence-electron chi connectivity index (χ0n) is 13.2. The van der Waals surface area contributed by atoms with E-state index in [2.05, 4.69) is 4.90 Å². The van der Waals surface area contributed by atoms with E-state index in [1.807, 2.05) is 49.1 Å². The summed E-state index contributed by atoms with van der Waals surface area (Å²) in [5, 5.41) is 0. The second-order valence-electron chi connectivity index (χ2n) is 6.27. The molecule has 0 atom stereocenters. The number of carbonyl (C=O) groups is 1. The van der Waals surface area contributed by atoms with Gasteiger partial charge in [-0.15, -0.1) is 0 Å². The molecule has 116 valence electrons. The molecule has 1 saturated heterocycles. The molecule has 1 aromatic carbocycles. The first kappa shape index (κ1) is 16.0. The fourth-order valence-corrected chi connectivity index (χ4v) is 2.86. The second kappa shape index (κ2) is 7.05. The maximum Gasteiger partial charge on any atom is 0.232 e. The van der Waals surface area contributed by atoms with Crippen LogP contribution in [0.3, 0.4) is 0 Å². The molecule has 4 heteroatoms. The number of piperazine rings is 1. The van der Waals surface area contributed by atoms with Crippen LogP contribution >= 0.6 is 0 Å².